The van der Waals surface area contributed by atoms with Gasteiger partial charge < -0.3 is 14.4 Å². The SMILES string of the molecule is CCC[C@@H]1CC(=O)C2Oc3c(OC)ccc4c3C23CCN(C)C(C4)C13. The summed E-state index contributed by atoms with van der Waals surface area (Å²) in [6, 6.07) is 4.75. The molecule has 5 rings (SSSR count). The Morgan fingerprint density at radius 2 is 2.20 bits per heavy atom. The lowest BCUT2D eigenvalue weighted by molar-refractivity contribution is -0.144. The third-order valence-corrected chi connectivity index (χ3v) is 7.40. The highest BCUT2D eigenvalue weighted by Gasteiger charge is 2.67. The average Bonchev–Trinajstić information content (AvgIpc) is 2.95. The van der Waals surface area contributed by atoms with Crippen molar-refractivity contribution in [2.75, 3.05) is 20.7 Å². The number of hydrogen-bond donors (Lipinski definition) is 0. The summed E-state index contributed by atoms with van der Waals surface area (Å²) in [6.07, 6.45) is 4.76. The lowest BCUT2D eigenvalue weighted by Gasteiger charge is -2.59. The summed E-state index contributed by atoms with van der Waals surface area (Å²) in [5.74, 6) is 2.97. The third kappa shape index (κ3) is 1.79. The molecule has 2 aliphatic carbocycles. The van der Waals surface area contributed by atoms with Crippen LogP contribution in [0.5, 0.6) is 11.5 Å². The summed E-state index contributed by atoms with van der Waals surface area (Å²) in [7, 11) is 3.96. The van der Waals surface area contributed by atoms with E-state index in [4.69, 9.17) is 9.47 Å². The molecule has 0 N–H and O–H groups in total. The highest BCUT2D eigenvalue weighted by molar-refractivity contribution is 5.89. The largest absolute Gasteiger partial charge is 0.493 e. The zero-order valence-corrected chi connectivity index (χ0v) is 15.4. The van der Waals surface area contributed by atoms with Crippen LogP contribution in [0.4, 0.5) is 0 Å². The third-order valence-electron chi connectivity index (χ3n) is 7.40. The Kier molecular flexibility index (Phi) is 3.28. The minimum Gasteiger partial charge on any atom is -0.493 e. The summed E-state index contributed by atoms with van der Waals surface area (Å²) in [5.41, 5.74) is 2.57. The van der Waals surface area contributed by atoms with Gasteiger partial charge in [-0.3, -0.25) is 4.79 Å². The number of nitrogens with zero attached hydrogens (tertiary/aromatic N) is 1. The van der Waals surface area contributed by atoms with Crippen LogP contribution in [0.15, 0.2) is 12.1 Å². The van der Waals surface area contributed by atoms with Crippen molar-refractivity contribution in [1.29, 1.82) is 0 Å². The molecule has 2 fully saturated rings. The molecular formula is C21H27NO3. The fraction of sp³-hybridized carbons (Fsp3) is 0.667. The van der Waals surface area contributed by atoms with Crippen LogP contribution in [-0.2, 0) is 16.6 Å². The van der Waals surface area contributed by atoms with E-state index in [9.17, 15) is 4.79 Å². The van der Waals surface area contributed by atoms with E-state index >= 15 is 0 Å². The summed E-state index contributed by atoms with van der Waals surface area (Å²) in [4.78, 5) is 15.6. The van der Waals surface area contributed by atoms with Gasteiger partial charge >= 0.3 is 0 Å². The van der Waals surface area contributed by atoms with Crippen LogP contribution < -0.4 is 9.47 Å². The Hall–Kier alpha value is -1.55. The molecule has 4 unspecified atom stereocenters. The first-order valence-corrected chi connectivity index (χ1v) is 9.71. The summed E-state index contributed by atoms with van der Waals surface area (Å²) in [5, 5.41) is 0. The predicted octanol–water partition coefficient (Wildman–Crippen LogP) is 2.96. The number of Topliss-reactive ketones (excluding diaryl/α,β-unsaturated/α-hetero) is 1. The van der Waals surface area contributed by atoms with Crippen molar-refractivity contribution in [3.8, 4) is 11.5 Å². The van der Waals surface area contributed by atoms with E-state index in [0.29, 0.717) is 30.1 Å². The maximum atomic E-state index is 13.1. The van der Waals surface area contributed by atoms with Crippen molar-refractivity contribution >= 4 is 5.78 Å². The van der Waals surface area contributed by atoms with Gasteiger partial charge in [0.2, 0.25) is 0 Å². The molecule has 0 aromatic heterocycles. The van der Waals surface area contributed by atoms with Gasteiger partial charge in [-0.15, -0.1) is 0 Å². The number of likely N-dealkylation sites (tertiary alicyclic amines) is 1. The van der Waals surface area contributed by atoms with E-state index < -0.39 is 0 Å². The number of piperidine rings is 1. The van der Waals surface area contributed by atoms with E-state index in [1.165, 1.54) is 11.1 Å². The summed E-state index contributed by atoms with van der Waals surface area (Å²) < 4.78 is 12.0. The molecule has 0 radical (unpaired) electrons. The smallest absolute Gasteiger partial charge is 0.174 e. The van der Waals surface area contributed by atoms with Gasteiger partial charge in [-0.1, -0.05) is 19.4 Å². The Labute approximate surface area is 149 Å². The molecule has 4 aliphatic rings. The van der Waals surface area contributed by atoms with Gasteiger partial charge in [0.25, 0.3) is 0 Å². The number of ether oxygens (including phenoxy) is 2. The molecule has 2 heterocycles. The number of methoxy groups -OCH3 is 1. The van der Waals surface area contributed by atoms with Gasteiger partial charge in [-0.05, 0) is 56.3 Å². The number of benzene rings is 1. The number of ketones is 1. The van der Waals surface area contributed by atoms with Crippen molar-refractivity contribution in [1.82, 2.24) is 4.90 Å². The van der Waals surface area contributed by atoms with Crippen LogP contribution in [0.1, 0.15) is 43.7 Å². The van der Waals surface area contributed by atoms with Gasteiger partial charge in [0.1, 0.15) is 0 Å². The summed E-state index contributed by atoms with van der Waals surface area (Å²) >= 11 is 0. The molecular weight excluding hydrogens is 314 g/mol. The van der Waals surface area contributed by atoms with Gasteiger partial charge in [0, 0.05) is 23.4 Å². The van der Waals surface area contributed by atoms with Gasteiger partial charge in [-0.2, -0.15) is 0 Å². The van der Waals surface area contributed by atoms with Crippen molar-refractivity contribution < 1.29 is 14.3 Å². The van der Waals surface area contributed by atoms with Crippen LogP contribution in [0.3, 0.4) is 0 Å². The van der Waals surface area contributed by atoms with Crippen LogP contribution in [0, 0.1) is 11.8 Å². The Morgan fingerprint density at radius 1 is 1.36 bits per heavy atom. The minimum atomic E-state index is -0.299. The van der Waals surface area contributed by atoms with Crippen LogP contribution in [0.25, 0.3) is 0 Å². The van der Waals surface area contributed by atoms with Crippen LogP contribution in [0.2, 0.25) is 0 Å². The molecule has 2 bridgehead atoms. The maximum Gasteiger partial charge on any atom is 0.174 e. The fourth-order valence-electron chi connectivity index (χ4n) is 6.57. The lowest BCUT2D eigenvalue weighted by atomic mass is 9.48. The van der Waals surface area contributed by atoms with Crippen molar-refractivity contribution in [3.05, 3.63) is 23.3 Å². The fourth-order valence-corrected chi connectivity index (χ4v) is 6.57. The molecule has 5 atom stereocenters. The first-order valence-electron chi connectivity index (χ1n) is 9.71. The maximum absolute atomic E-state index is 13.1. The number of likely N-dealkylation sites (N-methyl/N-ethyl adjacent to an activating group) is 1. The normalized spacial score (nSPS) is 38.3. The molecule has 4 nitrogen and oxygen atoms in total. The molecule has 4 heteroatoms. The zero-order valence-electron chi connectivity index (χ0n) is 15.4. The molecule has 2 aliphatic heterocycles. The number of hydrogen-bond acceptors (Lipinski definition) is 4. The Bertz CT molecular complexity index is 745. The van der Waals surface area contributed by atoms with Crippen molar-refractivity contribution in [2.45, 2.75) is 56.6 Å². The monoisotopic (exact) mass is 341 g/mol. The Morgan fingerprint density at radius 3 is 2.96 bits per heavy atom. The molecule has 1 aromatic carbocycles. The van der Waals surface area contributed by atoms with Crippen LogP contribution >= 0.6 is 0 Å². The van der Waals surface area contributed by atoms with E-state index in [1.54, 1.807) is 7.11 Å². The molecule has 1 spiro atoms. The second kappa shape index (κ2) is 5.23. The van der Waals surface area contributed by atoms with Crippen molar-refractivity contribution in [2.24, 2.45) is 11.8 Å². The van der Waals surface area contributed by atoms with E-state index in [0.717, 1.165) is 43.7 Å². The number of carbonyl (C=O) groups is 1. The van der Waals surface area contributed by atoms with E-state index in [-0.39, 0.29) is 11.5 Å². The minimum absolute atomic E-state index is 0.121. The predicted molar refractivity (Wildman–Crippen MR) is 95.3 cm³/mol. The van der Waals surface area contributed by atoms with Gasteiger partial charge in [-0.25, -0.2) is 0 Å². The highest BCUT2D eigenvalue weighted by Crippen LogP contribution is 2.64. The van der Waals surface area contributed by atoms with Gasteiger partial charge in [0.05, 0.1) is 7.11 Å². The molecule has 1 aromatic rings. The average molecular weight is 341 g/mol. The zero-order chi connectivity index (χ0) is 17.3. The first-order chi connectivity index (χ1) is 12.1. The Balaban J connectivity index is 1.77. The molecule has 1 saturated heterocycles. The second-order valence-corrected chi connectivity index (χ2v) is 8.42. The molecule has 0 amide bonds. The topological polar surface area (TPSA) is 38.8 Å². The lowest BCUT2D eigenvalue weighted by Crippen LogP contribution is -2.67. The number of rotatable bonds is 3. The quantitative estimate of drug-likeness (QED) is 0.847. The van der Waals surface area contributed by atoms with Crippen LogP contribution in [-0.4, -0.2) is 43.5 Å². The summed E-state index contributed by atoms with van der Waals surface area (Å²) in [6.45, 7) is 3.29. The highest BCUT2D eigenvalue weighted by atomic mass is 16.5. The van der Waals surface area contributed by atoms with E-state index in [1.807, 2.05) is 6.07 Å². The van der Waals surface area contributed by atoms with E-state index in [2.05, 4.69) is 24.9 Å². The second-order valence-electron chi connectivity index (χ2n) is 8.42. The standard InChI is InChI=1S/C21H27NO3/c1-4-5-12-11-15(23)20-21-8-9-22(2)14(17(12)21)10-13-6-7-16(24-3)19(25-20)18(13)21/h6-7,12,14,17,20H,4-5,8-11H2,1-3H3/t12-,14?,17?,20?,21?/m1/s1. The van der Waals surface area contributed by atoms with Crippen molar-refractivity contribution in [3.63, 3.8) is 0 Å². The molecule has 134 valence electrons. The molecule has 1 saturated carbocycles. The number of carbonyl (C=O) groups excluding carboxylic acids is 1. The molecule has 25 heavy (non-hydrogen) atoms. The first kappa shape index (κ1) is 15.7. The van der Waals surface area contributed by atoms with Gasteiger partial charge in [0.15, 0.2) is 23.4 Å².